The number of amides is 4. The van der Waals surface area contributed by atoms with Crippen LogP contribution in [0.25, 0.3) is 0 Å². The average Bonchev–Trinajstić information content (AvgIpc) is 3.02. The minimum absolute atomic E-state index is 0.0204. The summed E-state index contributed by atoms with van der Waals surface area (Å²) in [6, 6.07) is 10.2. The molecule has 8 heteroatoms. The number of unbranched alkanes of at least 4 members (excludes halogenated alkanes) is 1. The molecule has 2 aliphatic heterocycles. The molecule has 2 heterocycles. The summed E-state index contributed by atoms with van der Waals surface area (Å²) >= 11 is 0. The van der Waals surface area contributed by atoms with Gasteiger partial charge in [0.2, 0.25) is 5.91 Å². The van der Waals surface area contributed by atoms with Crippen LogP contribution < -0.4 is 10.6 Å². The molecule has 8 nitrogen and oxygen atoms in total. The van der Waals surface area contributed by atoms with E-state index in [0.717, 1.165) is 63.4 Å². The molecule has 4 amide bonds. The molecule has 4 rings (SSSR count). The third-order valence-corrected chi connectivity index (χ3v) is 7.86. The standard InChI is InChI=1S/C28H43N5O3/c1-22-17-27(2,3)21-28(18-22)25(35)33(26(36)30-28)20-24(34)29-11-7-8-12-31-13-15-32(16-14-31)19-23-9-5-4-6-10-23/h4-6,9-10,22H,7-8,11-21H2,1-3H3,(H,29,34)(H,30,36). The summed E-state index contributed by atoms with van der Waals surface area (Å²) in [4.78, 5) is 44.4. The molecule has 1 aromatic rings. The van der Waals surface area contributed by atoms with Gasteiger partial charge in [0.15, 0.2) is 0 Å². The van der Waals surface area contributed by atoms with Gasteiger partial charge in [0.1, 0.15) is 12.1 Å². The lowest BCUT2D eigenvalue weighted by Crippen LogP contribution is -2.54. The van der Waals surface area contributed by atoms with E-state index in [2.05, 4.69) is 71.5 Å². The van der Waals surface area contributed by atoms with Crippen molar-refractivity contribution in [3.63, 3.8) is 0 Å². The molecule has 0 aromatic heterocycles. The summed E-state index contributed by atoms with van der Waals surface area (Å²) in [5.41, 5.74) is 0.485. The second-order valence-corrected chi connectivity index (χ2v) is 11.9. The minimum Gasteiger partial charge on any atom is -0.355 e. The van der Waals surface area contributed by atoms with Crippen LogP contribution >= 0.6 is 0 Å². The summed E-state index contributed by atoms with van der Waals surface area (Å²) in [6.45, 7) is 13.1. The molecule has 36 heavy (non-hydrogen) atoms. The van der Waals surface area contributed by atoms with E-state index in [9.17, 15) is 14.4 Å². The summed E-state index contributed by atoms with van der Waals surface area (Å²) in [5, 5.41) is 5.84. The molecule has 2 saturated heterocycles. The number of imide groups is 1. The zero-order valence-electron chi connectivity index (χ0n) is 22.2. The highest BCUT2D eigenvalue weighted by Crippen LogP contribution is 2.46. The highest BCUT2D eigenvalue weighted by molar-refractivity contribution is 6.09. The SMILES string of the molecule is CC1CC(C)(C)CC2(C1)NC(=O)N(CC(=O)NCCCCN1CCN(Cc3ccccc3)CC1)C2=O. The van der Waals surface area contributed by atoms with Gasteiger partial charge in [0.25, 0.3) is 5.91 Å². The first kappa shape index (κ1) is 26.6. The molecule has 198 valence electrons. The first-order valence-corrected chi connectivity index (χ1v) is 13.6. The van der Waals surface area contributed by atoms with Crippen molar-refractivity contribution < 1.29 is 14.4 Å². The Labute approximate surface area is 215 Å². The summed E-state index contributed by atoms with van der Waals surface area (Å²) in [5.74, 6) is -0.166. The van der Waals surface area contributed by atoms with Crippen molar-refractivity contribution in [1.82, 2.24) is 25.3 Å². The lowest BCUT2D eigenvalue weighted by molar-refractivity contribution is -0.137. The topological polar surface area (TPSA) is 85.0 Å². The van der Waals surface area contributed by atoms with Crippen molar-refractivity contribution in [3.8, 4) is 0 Å². The van der Waals surface area contributed by atoms with Gasteiger partial charge in [-0.3, -0.25) is 19.4 Å². The van der Waals surface area contributed by atoms with E-state index in [4.69, 9.17) is 0 Å². The van der Waals surface area contributed by atoms with E-state index in [1.54, 1.807) is 0 Å². The minimum atomic E-state index is -0.857. The molecule has 1 aliphatic carbocycles. The summed E-state index contributed by atoms with van der Waals surface area (Å²) < 4.78 is 0. The Kier molecular flexibility index (Phi) is 8.35. The fourth-order valence-corrected chi connectivity index (χ4v) is 6.55. The molecule has 0 radical (unpaired) electrons. The molecule has 1 saturated carbocycles. The largest absolute Gasteiger partial charge is 0.355 e. The number of urea groups is 1. The fraction of sp³-hybridized carbons (Fsp3) is 0.679. The predicted molar refractivity (Wildman–Crippen MR) is 140 cm³/mol. The second kappa shape index (κ2) is 11.3. The smallest absolute Gasteiger partial charge is 0.325 e. The monoisotopic (exact) mass is 497 g/mol. The molecule has 2 unspecified atom stereocenters. The highest BCUT2D eigenvalue weighted by Gasteiger charge is 2.56. The van der Waals surface area contributed by atoms with Gasteiger partial charge in [0.05, 0.1) is 0 Å². The van der Waals surface area contributed by atoms with Crippen molar-refractivity contribution in [2.75, 3.05) is 45.8 Å². The number of rotatable bonds is 9. The molecule has 1 spiro atoms. The number of piperazine rings is 1. The Morgan fingerprint density at radius 2 is 1.72 bits per heavy atom. The van der Waals surface area contributed by atoms with E-state index in [1.165, 1.54) is 5.56 Å². The van der Waals surface area contributed by atoms with Gasteiger partial charge in [-0.15, -0.1) is 0 Å². The van der Waals surface area contributed by atoms with Crippen molar-refractivity contribution in [1.29, 1.82) is 0 Å². The van der Waals surface area contributed by atoms with Gasteiger partial charge in [0, 0.05) is 39.3 Å². The maximum Gasteiger partial charge on any atom is 0.325 e. The molecular formula is C28H43N5O3. The van der Waals surface area contributed by atoms with E-state index in [0.29, 0.717) is 25.3 Å². The Bertz CT molecular complexity index is 928. The van der Waals surface area contributed by atoms with Crippen LogP contribution in [0.3, 0.4) is 0 Å². The van der Waals surface area contributed by atoms with Gasteiger partial charge < -0.3 is 15.5 Å². The van der Waals surface area contributed by atoms with Crippen LogP contribution in [0.5, 0.6) is 0 Å². The molecule has 3 fully saturated rings. The summed E-state index contributed by atoms with van der Waals surface area (Å²) in [7, 11) is 0. The third-order valence-electron chi connectivity index (χ3n) is 7.86. The van der Waals surface area contributed by atoms with Gasteiger partial charge in [-0.05, 0) is 55.5 Å². The maximum atomic E-state index is 13.2. The maximum absolute atomic E-state index is 13.2. The van der Waals surface area contributed by atoms with Gasteiger partial charge in [-0.25, -0.2) is 4.79 Å². The van der Waals surface area contributed by atoms with Crippen LogP contribution in [0, 0.1) is 11.3 Å². The molecular weight excluding hydrogens is 454 g/mol. The van der Waals surface area contributed by atoms with E-state index in [1.807, 2.05) is 0 Å². The lowest BCUT2D eigenvalue weighted by Gasteiger charge is -2.43. The highest BCUT2D eigenvalue weighted by atomic mass is 16.2. The van der Waals surface area contributed by atoms with Crippen molar-refractivity contribution in [2.45, 2.75) is 65.0 Å². The van der Waals surface area contributed by atoms with Crippen LogP contribution in [0.4, 0.5) is 4.79 Å². The number of carbonyl (C=O) groups is 3. The molecule has 1 aromatic carbocycles. The van der Waals surface area contributed by atoms with E-state index in [-0.39, 0.29) is 23.8 Å². The Morgan fingerprint density at radius 3 is 2.42 bits per heavy atom. The average molecular weight is 498 g/mol. The number of nitrogens with one attached hydrogen (secondary N) is 2. The van der Waals surface area contributed by atoms with Gasteiger partial charge in [-0.1, -0.05) is 51.1 Å². The van der Waals surface area contributed by atoms with Crippen molar-refractivity contribution >= 4 is 17.8 Å². The van der Waals surface area contributed by atoms with Gasteiger partial charge in [-0.2, -0.15) is 0 Å². The van der Waals surface area contributed by atoms with Crippen LogP contribution in [-0.4, -0.2) is 83.9 Å². The van der Waals surface area contributed by atoms with Crippen LogP contribution in [-0.2, 0) is 16.1 Å². The van der Waals surface area contributed by atoms with Crippen LogP contribution in [0.15, 0.2) is 30.3 Å². The Balaban J connectivity index is 1.12. The molecule has 3 aliphatic rings. The van der Waals surface area contributed by atoms with Crippen LogP contribution in [0.1, 0.15) is 58.4 Å². The van der Waals surface area contributed by atoms with Gasteiger partial charge >= 0.3 is 6.03 Å². The Morgan fingerprint density at radius 1 is 1.03 bits per heavy atom. The Hall–Kier alpha value is -2.45. The molecule has 2 N–H and O–H groups in total. The normalized spacial score (nSPS) is 26.9. The second-order valence-electron chi connectivity index (χ2n) is 11.9. The lowest BCUT2D eigenvalue weighted by atomic mass is 9.64. The molecule has 0 bridgehead atoms. The fourth-order valence-electron chi connectivity index (χ4n) is 6.55. The first-order valence-electron chi connectivity index (χ1n) is 13.6. The third kappa shape index (κ3) is 6.65. The molecule has 2 atom stereocenters. The quantitative estimate of drug-likeness (QED) is 0.405. The summed E-state index contributed by atoms with van der Waals surface area (Å²) in [6.07, 6.45) is 4.18. The predicted octanol–water partition coefficient (Wildman–Crippen LogP) is 2.84. The van der Waals surface area contributed by atoms with Crippen LogP contribution in [0.2, 0.25) is 0 Å². The van der Waals surface area contributed by atoms with Crippen molar-refractivity contribution in [2.24, 2.45) is 11.3 Å². The zero-order valence-corrected chi connectivity index (χ0v) is 22.2. The first-order chi connectivity index (χ1) is 17.2. The van der Waals surface area contributed by atoms with E-state index < -0.39 is 11.6 Å². The van der Waals surface area contributed by atoms with Crippen molar-refractivity contribution in [3.05, 3.63) is 35.9 Å². The number of carbonyl (C=O) groups excluding carboxylic acids is 3. The van der Waals surface area contributed by atoms with E-state index >= 15 is 0 Å². The number of nitrogens with zero attached hydrogens (tertiary/aromatic N) is 3. The number of hydrogen-bond donors (Lipinski definition) is 2. The number of hydrogen-bond acceptors (Lipinski definition) is 5. The number of benzene rings is 1. The zero-order chi connectivity index (χ0) is 25.8.